The number of imidazole rings is 1. The maximum Gasteiger partial charge on any atom is 0.248 e. The molecule has 0 saturated carbocycles. The van der Waals surface area contributed by atoms with Crippen molar-refractivity contribution >= 4 is 28.8 Å². The second kappa shape index (κ2) is 8.35. The number of methoxy groups -OCH3 is 1. The number of aromatic amines is 1. The summed E-state index contributed by atoms with van der Waals surface area (Å²) in [6, 6.07) is 14.4. The quantitative estimate of drug-likeness (QED) is 0.599. The molecular weight excluding hydrogens is 344 g/mol. The van der Waals surface area contributed by atoms with E-state index in [1.54, 1.807) is 14.0 Å². The molecule has 0 aliphatic carbocycles. The van der Waals surface area contributed by atoms with Crippen molar-refractivity contribution in [2.75, 3.05) is 12.4 Å². The topological polar surface area (TPSA) is 96.1 Å². The number of para-hydroxylation sites is 2. The summed E-state index contributed by atoms with van der Waals surface area (Å²) in [5, 5.41) is 5.40. The van der Waals surface area contributed by atoms with E-state index in [9.17, 15) is 9.59 Å². The van der Waals surface area contributed by atoms with Crippen LogP contribution >= 0.6 is 0 Å². The standard InChI is InChI=1S/C20H22N4O3/c1-13(19(26)24-20-22-16-8-3-4-9-17(16)23-20)21-18(25)11-10-14-6-5-7-15(12-14)27-2/h3-9,12-13H,10-11H2,1-2H3,(H,21,25)(H2,22,23,24,26)/t13-/m0/s1. The molecule has 0 bridgehead atoms. The molecule has 3 rings (SSSR count). The van der Waals surface area contributed by atoms with Crippen LogP contribution in [0.2, 0.25) is 0 Å². The van der Waals surface area contributed by atoms with E-state index in [1.165, 1.54) is 0 Å². The van der Waals surface area contributed by atoms with Gasteiger partial charge in [0, 0.05) is 6.42 Å². The number of hydrogen-bond acceptors (Lipinski definition) is 4. The summed E-state index contributed by atoms with van der Waals surface area (Å²) in [7, 11) is 1.61. The Bertz CT molecular complexity index is 918. The number of anilines is 1. The van der Waals surface area contributed by atoms with Crippen LogP contribution in [-0.2, 0) is 16.0 Å². The van der Waals surface area contributed by atoms with Crippen molar-refractivity contribution in [2.24, 2.45) is 0 Å². The Morgan fingerprint density at radius 2 is 2.00 bits per heavy atom. The minimum absolute atomic E-state index is 0.190. The van der Waals surface area contributed by atoms with Gasteiger partial charge in [-0.1, -0.05) is 24.3 Å². The van der Waals surface area contributed by atoms with E-state index in [-0.39, 0.29) is 18.2 Å². The van der Waals surface area contributed by atoms with Gasteiger partial charge in [-0.25, -0.2) is 4.98 Å². The highest BCUT2D eigenvalue weighted by Gasteiger charge is 2.17. The van der Waals surface area contributed by atoms with Crippen molar-refractivity contribution in [3.8, 4) is 5.75 Å². The number of aryl methyl sites for hydroxylation is 1. The number of rotatable bonds is 7. The first kappa shape index (κ1) is 18.4. The van der Waals surface area contributed by atoms with E-state index in [1.807, 2.05) is 48.5 Å². The Hall–Kier alpha value is -3.35. The van der Waals surface area contributed by atoms with Gasteiger partial charge in [0.25, 0.3) is 0 Å². The highest BCUT2D eigenvalue weighted by atomic mass is 16.5. The second-order valence-electron chi connectivity index (χ2n) is 6.23. The van der Waals surface area contributed by atoms with Crippen molar-refractivity contribution < 1.29 is 14.3 Å². The highest BCUT2D eigenvalue weighted by Crippen LogP contribution is 2.14. The largest absolute Gasteiger partial charge is 0.497 e. The molecule has 0 spiro atoms. The fourth-order valence-corrected chi connectivity index (χ4v) is 2.70. The van der Waals surface area contributed by atoms with Crippen molar-refractivity contribution in [3.05, 3.63) is 54.1 Å². The van der Waals surface area contributed by atoms with Crippen molar-refractivity contribution in [1.29, 1.82) is 0 Å². The van der Waals surface area contributed by atoms with Crippen LogP contribution in [0.5, 0.6) is 5.75 Å². The number of amides is 2. The maximum absolute atomic E-state index is 12.3. The number of hydrogen-bond donors (Lipinski definition) is 3. The molecule has 0 radical (unpaired) electrons. The lowest BCUT2D eigenvalue weighted by atomic mass is 10.1. The highest BCUT2D eigenvalue weighted by molar-refractivity contribution is 5.96. The van der Waals surface area contributed by atoms with Gasteiger partial charge in [-0.3, -0.25) is 14.9 Å². The normalized spacial score (nSPS) is 11.8. The van der Waals surface area contributed by atoms with E-state index in [0.717, 1.165) is 22.3 Å². The Morgan fingerprint density at radius 3 is 2.78 bits per heavy atom. The lowest BCUT2D eigenvalue weighted by Crippen LogP contribution is -2.41. The summed E-state index contributed by atoms with van der Waals surface area (Å²) in [4.78, 5) is 31.7. The molecule has 2 aromatic carbocycles. The third kappa shape index (κ3) is 4.84. The molecular formula is C20H22N4O3. The summed E-state index contributed by atoms with van der Waals surface area (Å²) in [5.41, 5.74) is 2.61. The van der Waals surface area contributed by atoms with Crippen LogP contribution in [0.15, 0.2) is 48.5 Å². The monoisotopic (exact) mass is 366 g/mol. The van der Waals surface area contributed by atoms with Crippen molar-refractivity contribution in [3.63, 3.8) is 0 Å². The Kier molecular flexibility index (Phi) is 5.71. The molecule has 0 saturated heterocycles. The van der Waals surface area contributed by atoms with Crippen LogP contribution in [0.25, 0.3) is 11.0 Å². The number of H-pyrrole nitrogens is 1. The molecule has 0 aliphatic heterocycles. The first-order valence-electron chi connectivity index (χ1n) is 8.73. The Morgan fingerprint density at radius 1 is 1.19 bits per heavy atom. The lowest BCUT2D eigenvalue weighted by molar-refractivity contribution is -0.126. The van der Waals surface area contributed by atoms with E-state index in [4.69, 9.17) is 4.74 Å². The van der Waals surface area contributed by atoms with E-state index in [2.05, 4.69) is 20.6 Å². The minimum Gasteiger partial charge on any atom is -0.497 e. The SMILES string of the molecule is COc1cccc(CCC(=O)N[C@@H](C)C(=O)Nc2nc3ccccc3[nH]2)c1. The predicted octanol–water partition coefficient (Wildman–Crippen LogP) is 2.65. The number of nitrogens with one attached hydrogen (secondary N) is 3. The van der Waals surface area contributed by atoms with Gasteiger partial charge in [-0.2, -0.15) is 0 Å². The van der Waals surface area contributed by atoms with Crippen LogP contribution in [0.3, 0.4) is 0 Å². The number of nitrogens with zero attached hydrogens (tertiary/aromatic N) is 1. The average molecular weight is 366 g/mol. The molecule has 1 aromatic heterocycles. The number of aromatic nitrogens is 2. The zero-order valence-corrected chi connectivity index (χ0v) is 15.3. The van der Waals surface area contributed by atoms with Crippen molar-refractivity contribution in [1.82, 2.24) is 15.3 Å². The molecule has 0 unspecified atom stereocenters. The Labute approximate surface area is 157 Å². The van der Waals surface area contributed by atoms with Gasteiger partial charge in [-0.15, -0.1) is 0 Å². The molecule has 3 aromatic rings. The van der Waals surface area contributed by atoms with Gasteiger partial charge in [0.1, 0.15) is 11.8 Å². The smallest absolute Gasteiger partial charge is 0.248 e. The zero-order valence-electron chi connectivity index (χ0n) is 15.3. The zero-order chi connectivity index (χ0) is 19.2. The average Bonchev–Trinajstić information content (AvgIpc) is 3.08. The molecule has 0 aliphatic rings. The lowest BCUT2D eigenvalue weighted by Gasteiger charge is -2.13. The first-order valence-corrected chi connectivity index (χ1v) is 8.73. The molecule has 2 amide bonds. The van der Waals surface area contributed by atoms with E-state index in [0.29, 0.717) is 12.4 Å². The summed E-state index contributed by atoms with van der Waals surface area (Å²) < 4.78 is 5.17. The first-order chi connectivity index (χ1) is 13.0. The number of fused-ring (bicyclic) bond motifs is 1. The molecule has 1 atom stereocenters. The van der Waals surface area contributed by atoms with Crippen molar-refractivity contribution in [2.45, 2.75) is 25.8 Å². The molecule has 7 nitrogen and oxygen atoms in total. The van der Waals surface area contributed by atoms with E-state index >= 15 is 0 Å². The second-order valence-corrected chi connectivity index (χ2v) is 6.23. The molecule has 3 N–H and O–H groups in total. The van der Waals surface area contributed by atoms with Gasteiger partial charge < -0.3 is 15.0 Å². The molecule has 1 heterocycles. The maximum atomic E-state index is 12.3. The summed E-state index contributed by atoms with van der Waals surface area (Å²) in [6.45, 7) is 1.64. The number of ether oxygens (including phenoxy) is 1. The minimum atomic E-state index is -0.670. The van der Waals surface area contributed by atoms with Gasteiger partial charge in [0.15, 0.2) is 0 Å². The third-order valence-electron chi connectivity index (χ3n) is 4.18. The predicted molar refractivity (Wildman–Crippen MR) is 104 cm³/mol. The van der Waals surface area contributed by atoms with Gasteiger partial charge >= 0.3 is 0 Å². The van der Waals surface area contributed by atoms with Crippen LogP contribution in [-0.4, -0.2) is 34.9 Å². The number of carbonyl (C=O) groups excluding carboxylic acids is 2. The summed E-state index contributed by atoms with van der Waals surface area (Å²) >= 11 is 0. The molecule has 0 fully saturated rings. The fourth-order valence-electron chi connectivity index (χ4n) is 2.70. The van der Waals surface area contributed by atoms with Gasteiger partial charge in [0.05, 0.1) is 18.1 Å². The Balaban J connectivity index is 1.50. The van der Waals surface area contributed by atoms with Crippen LogP contribution in [0.1, 0.15) is 18.9 Å². The molecule has 140 valence electrons. The van der Waals surface area contributed by atoms with Gasteiger partial charge in [-0.05, 0) is 43.2 Å². The third-order valence-corrected chi connectivity index (χ3v) is 4.18. The fraction of sp³-hybridized carbons (Fsp3) is 0.250. The van der Waals surface area contributed by atoms with Gasteiger partial charge in [0.2, 0.25) is 17.8 Å². The summed E-state index contributed by atoms with van der Waals surface area (Å²) in [6.07, 6.45) is 0.858. The van der Waals surface area contributed by atoms with Crippen LogP contribution in [0, 0.1) is 0 Å². The molecule has 7 heteroatoms. The summed E-state index contributed by atoms with van der Waals surface area (Å²) in [5.74, 6) is 0.596. The molecule has 27 heavy (non-hydrogen) atoms. The number of carbonyl (C=O) groups is 2. The van der Waals surface area contributed by atoms with E-state index < -0.39 is 6.04 Å². The van der Waals surface area contributed by atoms with Crippen LogP contribution < -0.4 is 15.4 Å². The number of benzene rings is 2. The van der Waals surface area contributed by atoms with Crippen LogP contribution in [0.4, 0.5) is 5.95 Å².